The minimum absolute atomic E-state index is 0.276. The van der Waals surface area contributed by atoms with Crippen molar-refractivity contribution in [1.29, 1.82) is 0 Å². The quantitative estimate of drug-likeness (QED) is 0.767. The number of aryl methyl sites for hydroxylation is 1. The summed E-state index contributed by atoms with van der Waals surface area (Å²) in [4.78, 5) is 12.0. The first kappa shape index (κ1) is 12.9. The van der Waals surface area contributed by atoms with Gasteiger partial charge in [-0.15, -0.1) is 0 Å². The molecule has 0 aliphatic rings. The number of fused-ring (bicyclic) bond motifs is 1. The minimum Gasteiger partial charge on any atom is -0.361 e. The molecule has 1 aromatic heterocycles. The number of carbonyl (C=O) groups is 1. The molecule has 1 heterocycles. The first-order valence-electron chi connectivity index (χ1n) is 6.06. The molecule has 0 aliphatic carbocycles. The van der Waals surface area contributed by atoms with E-state index in [0.717, 1.165) is 20.9 Å². The van der Waals surface area contributed by atoms with E-state index in [9.17, 15) is 4.79 Å². The van der Waals surface area contributed by atoms with Crippen LogP contribution < -0.4 is 5.32 Å². The van der Waals surface area contributed by atoms with Crippen LogP contribution >= 0.6 is 15.9 Å². The van der Waals surface area contributed by atoms with Gasteiger partial charge in [0.2, 0.25) is 0 Å². The van der Waals surface area contributed by atoms with E-state index in [0.29, 0.717) is 5.76 Å². The van der Waals surface area contributed by atoms with E-state index in [1.807, 2.05) is 36.4 Å². The Hall–Kier alpha value is -2.14. The summed E-state index contributed by atoms with van der Waals surface area (Å²) in [5, 5.41) is 8.66. The molecule has 4 nitrogen and oxygen atoms in total. The van der Waals surface area contributed by atoms with Crippen LogP contribution in [0.3, 0.4) is 0 Å². The molecule has 0 radical (unpaired) electrons. The molecule has 0 unspecified atom stereocenters. The number of rotatable bonds is 2. The zero-order chi connectivity index (χ0) is 14.1. The second-order valence-electron chi connectivity index (χ2n) is 4.48. The van der Waals surface area contributed by atoms with E-state index in [1.54, 1.807) is 13.0 Å². The van der Waals surface area contributed by atoms with Gasteiger partial charge in [-0.05, 0) is 42.0 Å². The third-order valence-corrected chi connectivity index (χ3v) is 3.41. The molecule has 0 saturated carbocycles. The van der Waals surface area contributed by atoms with Gasteiger partial charge in [-0.25, -0.2) is 0 Å². The van der Waals surface area contributed by atoms with Gasteiger partial charge in [0.1, 0.15) is 5.76 Å². The van der Waals surface area contributed by atoms with Gasteiger partial charge in [-0.2, -0.15) is 0 Å². The van der Waals surface area contributed by atoms with E-state index in [-0.39, 0.29) is 11.6 Å². The van der Waals surface area contributed by atoms with Crippen LogP contribution in [-0.4, -0.2) is 11.1 Å². The standard InChI is InChI=1S/C15H11BrN2O2/c1-9-6-14(18-20-9)15(19)17-13-5-3-10-7-12(16)4-2-11(10)8-13/h2-8H,1H3,(H,17,19). The number of amides is 1. The molecule has 0 atom stereocenters. The first-order valence-corrected chi connectivity index (χ1v) is 6.85. The van der Waals surface area contributed by atoms with E-state index in [2.05, 4.69) is 26.4 Å². The maximum atomic E-state index is 12.0. The maximum Gasteiger partial charge on any atom is 0.277 e. The van der Waals surface area contributed by atoms with E-state index in [4.69, 9.17) is 4.52 Å². The number of aromatic nitrogens is 1. The number of benzene rings is 2. The highest BCUT2D eigenvalue weighted by Crippen LogP contribution is 2.23. The lowest BCUT2D eigenvalue weighted by atomic mass is 10.1. The molecule has 2 aromatic carbocycles. The maximum absolute atomic E-state index is 12.0. The molecule has 1 amide bonds. The molecule has 0 bridgehead atoms. The fraction of sp³-hybridized carbons (Fsp3) is 0.0667. The van der Waals surface area contributed by atoms with Gasteiger partial charge < -0.3 is 9.84 Å². The average molecular weight is 331 g/mol. The zero-order valence-electron chi connectivity index (χ0n) is 10.7. The van der Waals surface area contributed by atoms with Gasteiger partial charge in [-0.3, -0.25) is 4.79 Å². The predicted octanol–water partition coefficient (Wildman–Crippen LogP) is 4.15. The average Bonchev–Trinajstić information content (AvgIpc) is 2.86. The van der Waals surface area contributed by atoms with Crippen LogP contribution in [0.1, 0.15) is 16.2 Å². The molecule has 0 fully saturated rings. The Bertz CT molecular complexity index is 795. The summed E-state index contributed by atoms with van der Waals surface area (Å²) in [6, 6.07) is 13.3. The second kappa shape index (κ2) is 5.09. The topological polar surface area (TPSA) is 55.1 Å². The molecule has 0 spiro atoms. The highest BCUT2D eigenvalue weighted by atomic mass is 79.9. The van der Waals surface area contributed by atoms with Crippen molar-refractivity contribution in [3.05, 3.63) is 58.4 Å². The molecule has 0 saturated heterocycles. The van der Waals surface area contributed by atoms with Gasteiger partial charge in [-0.1, -0.05) is 33.2 Å². The normalized spacial score (nSPS) is 10.7. The molecular formula is C15H11BrN2O2. The van der Waals surface area contributed by atoms with Crippen molar-refractivity contribution < 1.29 is 9.32 Å². The van der Waals surface area contributed by atoms with Crippen molar-refractivity contribution in [2.75, 3.05) is 5.32 Å². The van der Waals surface area contributed by atoms with Gasteiger partial charge in [0.15, 0.2) is 5.69 Å². The van der Waals surface area contributed by atoms with Crippen LogP contribution in [0.15, 0.2) is 51.5 Å². The minimum atomic E-state index is -0.279. The Morgan fingerprint density at radius 3 is 2.65 bits per heavy atom. The Labute approximate surface area is 123 Å². The van der Waals surface area contributed by atoms with Gasteiger partial charge >= 0.3 is 0 Å². The number of nitrogens with one attached hydrogen (secondary N) is 1. The van der Waals surface area contributed by atoms with Crippen LogP contribution in [-0.2, 0) is 0 Å². The number of halogens is 1. The summed E-state index contributed by atoms with van der Waals surface area (Å²) in [5.41, 5.74) is 1.00. The molecule has 20 heavy (non-hydrogen) atoms. The molecule has 5 heteroatoms. The summed E-state index contributed by atoms with van der Waals surface area (Å²) >= 11 is 3.44. The van der Waals surface area contributed by atoms with Gasteiger partial charge in [0.05, 0.1) is 0 Å². The Morgan fingerprint density at radius 1 is 1.15 bits per heavy atom. The first-order chi connectivity index (χ1) is 9.61. The van der Waals surface area contributed by atoms with Crippen molar-refractivity contribution in [2.45, 2.75) is 6.92 Å². The van der Waals surface area contributed by atoms with Crippen molar-refractivity contribution in [2.24, 2.45) is 0 Å². The lowest BCUT2D eigenvalue weighted by molar-refractivity contribution is 0.101. The second-order valence-corrected chi connectivity index (χ2v) is 5.40. The molecule has 1 N–H and O–H groups in total. The number of nitrogens with zero attached hydrogens (tertiary/aromatic N) is 1. The number of hydrogen-bond acceptors (Lipinski definition) is 3. The molecule has 3 rings (SSSR count). The summed E-state index contributed by atoms with van der Waals surface area (Å²) in [5.74, 6) is 0.330. The molecular weight excluding hydrogens is 320 g/mol. The van der Waals surface area contributed by atoms with E-state index < -0.39 is 0 Å². The summed E-state index contributed by atoms with van der Waals surface area (Å²) < 4.78 is 5.92. The van der Waals surface area contributed by atoms with Crippen molar-refractivity contribution in [3.8, 4) is 0 Å². The molecule has 0 aliphatic heterocycles. The molecule has 100 valence electrons. The lowest BCUT2D eigenvalue weighted by Gasteiger charge is -2.05. The SMILES string of the molecule is Cc1cc(C(=O)Nc2ccc3cc(Br)ccc3c2)no1. The highest BCUT2D eigenvalue weighted by Gasteiger charge is 2.11. The monoisotopic (exact) mass is 330 g/mol. The van der Waals surface area contributed by atoms with Gasteiger partial charge in [0.25, 0.3) is 5.91 Å². The highest BCUT2D eigenvalue weighted by molar-refractivity contribution is 9.10. The number of anilines is 1. The predicted molar refractivity (Wildman–Crippen MR) is 80.8 cm³/mol. The van der Waals surface area contributed by atoms with Crippen LogP contribution in [0.2, 0.25) is 0 Å². The van der Waals surface area contributed by atoms with Crippen molar-refractivity contribution >= 4 is 38.3 Å². The Kier molecular flexibility index (Phi) is 3.28. The van der Waals surface area contributed by atoms with E-state index >= 15 is 0 Å². The fourth-order valence-electron chi connectivity index (χ4n) is 1.96. The smallest absolute Gasteiger partial charge is 0.277 e. The van der Waals surface area contributed by atoms with Crippen LogP contribution in [0.5, 0.6) is 0 Å². The van der Waals surface area contributed by atoms with Crippen LogP contribution in [0, 0.1) is 6.92 Å². The van der Waals surface area contributed by atoms with Crippen molar-refractivity contribution in [1.82, 2.24) is 5.16 Å². The third kappa shape index (κ3) is 2.58. The zero-order valence-corrected chi connectivity index (χ0v) is 12.3. The summed E-state index contributed by atoms with van der Waals surface area (Å²) in [6.07, 6.45) is 0. The largest absolute Gasteiger partial charge is 0.361 e. The summed E-state index contributed by atoms with van der Waals surface area (Å²) in [6.45, 7) is 1.75. The molecule has 3 aromatic rings. The van der Waals surface area contributed by atoms with E-state index in [1.165, 1.54) is 0 Å². The third-order valence-electron chi connectivity index (χ3n) is 2.92. The van der Waals surface area contributed by atoms with Crippen LogP contribution in [0.25, 0.3) is 10.8 Å². The summed E-state index contributed by atoms with van der Waals surface area (Å²) in [7, 11) is 0. The Morgan fingerprint density at radius 2 is 1.90 bits per heavy atom. The fourth-order valence-corrected chi connectivity index (χ4v) is 2.34. The Balaban J connectivity index is 1.87. The number of carbonyl (C=O) groups excluding carboxylic acids is 1. The van der Waals surface area contributed by atoms with Gasteiger partial charge in [0, 0.05) is 16.2 Å². The van der Waals surface area contributed by atoms with Crippen LogP contribution in [0.4, 0.5) is 5.69 Å². The lowest BCUT2D eigenvalue weighted by Crippen LogP contribution is -2.12. The number of hydrogen-bond donors (Lipinski definition) is 1. The van der Waals surface area contributed by atoms with Crippen molar-refractivity contribution in [3.63, 3.8) is 0 Å².